The SMILES string of the molecule is CCOc1cc(/C=N\n2c(C)nnc2SCc2ccc(Br)cc2)cc([N+](=O)[O-])c1[O-]. The minimum absolute atomic E-state index is 0.0848. The molecule has 0 saturated heterocycles. The van der Waals surface area contributed by atoms with Crippen LogP contribution < -0.4 is 9.84 Å². The van der Waals surface area contributed by atoms with Crippen LogP contribution in [0.25, 0.3) is 0 Å². The molecule has 0 aliphatic carbocycles. The first-order valence-electron chi connectivity index (χ1n) is 8.85. The molecule has 0 unspecified atom stereocenters. The van der Waals surface area contributed by atoms with Crippen molar-refractivity contribution in [1.29, 1.82) is 0 Å². The second-order valence-electron chi connectivity index (χ2n) is 6.06. The van der Waals surface area contributed by atoms with Gasteiger partial charge in [0.2, 0.25) is 5.16 Å². The minimum Gasteiger partial charge on any atom is -0.865 e. The van der Waals surface area contributed by atoms with Crippen LogP contribution in [0.5, 0.6) is 11.5 Å². The van der Waals surface area contributed by atoms with Crippen LogP contribution in [0.1, 0.15) is 23.9 Å². The third-order valence-electron chi connectivity index (χ3n) is 3.93. The van der Waals surface area contributed by atoms with Crippen LogP contribution >= 0.6 is 27.7 Å². The Morgan fingerprint density at radius 3 is 2.70 bits per heavy atom. The summed E-state index contributed by atoms with van der Waals surface area (Å²) in [6.45, 7) is 3.67. The molecule has 0 fully saturated rings. The van der Waals surface area contributed by atoms with Crippen LogP contribution in [0.4, 0.5) is 5.69 Å². The maximum atomic E-state index is 12.1. The number of benzene rings is 2. The standard InChI is InChI=1S/C19H18BrN5O4S/c1-3-29-17-9-14(8-16(18(17)26)25(27)28)10-21-24-12(2)22-23-19(24)30-11-13-4-6-15(20)7-5-13/h4-10,26H,3,11H2,1-2H3/p-1/b21-10-. The summed E-state index contributed by atoms with van der Waals surface area (Å²) in [5.74, 6) is 0.388. The van der Waals surface area contributed by atoms with Crippen LogP contribution in [-0.4, -0.2) is 32.6 Å². The maximum Gasteiger partial charge on any atom is 0.266 e. The molecular weight excluding hydrogens is 474 g/mol. The van der Waals surface area contributed by atoms with E-state index >= 15 is 0 Å². The first-order chi connectivity index (χ1) is 14.4. The lowest BCUT2D eigenvalue weighted by Crippen LogP contribution is -2.04. The summed E-state index contributed by atoms with van der Waals surface area (Å²) in [6.07, 6.45) is 1.41. The first kappa shape index (κ1) is 21.8. The average molecular weight is 491 g/mol. The number of halogens is 1. The van der Waals surface area contributed by atoms with Gasteiger partial charge >= 0.3 is 0 Å². The second-order valence-corrected chi connectivity index (χ2v) is 7.92. The molecule has 3 rings (SSSR count). The van der Waals surface area contributed by atoms with Crippen LogP contribution in [0.3, 0.4) is 0 Å². The van der Waals surface area contributed by atoms with E-state index in [9.17, 15) is 15.2 Å². The Morgan fingerprint density at radius 1 is 1.30 bits per heavy atom. The molecule has 30 heavy (non-hydrogen) atoms. The highest BCUT2D eigenvalue weighted by molar-refractivity contribution is 9.10. The molecule has 1 heterocycles. The number of ether oxygens (including phenoxy) is 1. The van der Waals surface area contributed by atoms with E-state index in [1.54, 1.807) is 18.5 Å². The summed E-state index contributed by atoms with van der Waals surface area (Å²) in [5.41, 5.74) is 0.914. The fraction of sp³-hybridized carbons (Fsp3) is 0.211. The van der Waals surface area contributed by atoms with Gasteiger partial charge < -0.3 is 9.84 Å². The highest BCUT2D eigenvalue weighted by atomic mass is 79.9. The van der Waals surface area contributed by atoms with E-state index in [0.29, 0.717) is 22.3 Å². The summed E-state index contributed by atoms with van der Waals surface area (Å²) >= 11 is 4.87. The number of hydrogen-bond acceptors (Lipinski definition) is 8. The van der Waals surface area contributed by atoms with Crippen molar-refractivity contribution in [3.8, 4) is 11.5 Å². The zero-order valence-electron chi connectivity index (χ0n) is 16.1. The van der Waals surface area contributed by atoms with Gasteiger partial charge in [0.05, 0.1) is 17.7 Å². The highest BCUT2D eigenvalue weighted by Gasteiger charge is 2.14. The Hall–Kier alpha value is -2.92. The molecule has 0 atom stereocenters. The van der Waals surface area contributed by atoms with Crippen molar-refractivity contribution in [3.05, 3.63) is 67.9 Å². The summed E-state index contributed by atoms with van der Waals surface area (Å²) in [7, 11) is 0. The number of hydrogen-bond donors (Lipinski definition) is 0. The molecular formula is C19H17BrN5O4S-. The van der Waals surface area contributed by atoms with Gasteiger partial charge in [-0.1, -0.05) is 39.8 Å². The molecule has 2 aromatic carbocycles. The van der Waals surface area contributed by atoms with E-state index in [0.717, 1.165) is 10.0 Å². The fourth-order valence-corrected chi connectivity index (χ4v) is 3.65. The molecule has 0 radical (unpaired) electrons. The topological polar surface area (TPSA) is 118 Å². The maximum absolute atomic E-state index is 12.1. The van der Waals surface area contributed by atoms with Crippen molar-refractivity contribution in [2.75, 3.05) is 6.61 Å². The zero-order chi connectivity index (χ0) is 21.7. The van der Waals surface area contributed by atoms with Crippen molar-refractivity contribution in [2.24, 2.45) is 5.10 Å². The lowest BCUT2D eigenvalue weighted by atomic mass is 10.2. The molecule has 0 aliphatic rings. The van der Waals surface area contributed by atoms with Gasteiger partial charge in [0, 0.05) is 27.6 Å². The van der Waals surface area contributed by atoms with E-state index in [1.807, 2.05) is 24.3 Å². The average Bonchev–Trinajstić information content (AvgIpc) is 3.07. The normalized spacial score (nSPS) is 11.2. The van der Waals surface area contributed by atoms with Gasteiger partial charge in [-0.15, -0.1) is 10.2 Å². The summed E-state index contributed by atoms with van der Waals surface area (Å²) in [5, 5.41) is 36.4. The number of nitrogens with zero attached hydrogens (tertiary/aromatic N) is 5. The largest absolute Gasteiger partial charge is 0.865 e. The molecule has 0 aliphatic heterocycles. The monoisotopic (exact) mass is 490 g/mol. The number of nitro groups is 1. The lowest BCUT2D eigenvalue weighted by molar-refractivity contribution is -0.398. The molecule has 9 nitrogen and oxygen atoms in total. The van der Waals surface area contributed by atoms with Crippen molar-refractivity contribution < 1.29 is 14.8 Å². The van der Waals surface area contributed by atoms with E-state index in [-0.39, 0.29) is 12.4 Å². The van der Waals surface area contributed by atoms with E-state index in [4.69, 9.17) is 4.74 Å². The van der Waals surface area contributed by atoms with Gasteiger partial charge in [0.15, 0.2) is 5.82 Å². The Kier molecular flexibility index (Phi) is 7.06. The molecule has 0 amide bonds. The summed E-state index contributed by atoms with van der Waals surface area (Å²) in [4.78, 5) is 10.5. The summed E-state index contributed by atoms with van der Waals surface area (Å²) in [6, 6.07) is 10.5. The Balaban J connectivity index is 1.85. The number of nitro benzene ring substituents is 1. The third-order valence-corrected chi connectivity index (χ3v) is 5.44. The quantitative estimate of drug-likeness (QED) is 0.203. The molecule has 0 bridgehead atoms. The Labute approximate surface area is 185 Å². The Bertz CT molecular complexity index is 1090. The number of aromatic nitrogens is 3. The van der Waals surface area contributed by atoms with Crippen molar-refractivity contribution in [3.63, 3.8) is 0 Å². The van der Waals surface area contributed by atoms with Crippen molar-refractivity contribution >= 4 is 39.6 Å². The van der Waals surface area contributed by atoms with Crippen molar-refractivity contribution in [2.45, 2.75) is 24.8 Å². The van der Waals surface area contributed by atoms with E-state index in [1.165, 1.54) is 30.1 Å². The molecule has 11 heteroatoms. The predicted octanol–water partition coefficient (Wildman–Crippen LogP) is 3.90. The molecule has 156 valence electrons. The summed E-state index contributed by atoms with van der Waals surface area (Å²) < 4.78 is 7.78. The molecule has 0 saturated carbocycles. The zero-order valence-corrected chi connectivity index (χ0v) is 18.5. The van der Waals surface area contributed by atoms with Gasteiger partial charge in [-0.05, 0) is 37.6 Å². The predicted molar refractivity (Wildman–Crippen MR) is 115 cm³/mol. The fourth-order valence-electron chi connectivity index (χ4n) is 2.50. The van der Waals surface area contributed by atoms with E-state index in [2.05, 4.69) is 31.2 Å². The van der Waals surface area contributed by atoms with Gasteiger partial charge in [-0.25, -0.2) is 0 Å². The molecule has 3 aromatic rings. The van der Waals surface area contributed by atoms with E-state index < -0.39 is 16.4 Å². The van der Waals surface area contributed by atoms with Gasteiger partial charge in [-0.3, -0.25) is 10.1 Å². The molecule has 0 spiro atoms. The van der Waals surface area contributed by atoms with Gasteiger partial charge in [0.25, 0.3) is 5.69 Å². The number of thioether (sulfide) groups is 1. The number of rotatable bonds is 8. The smallest absolute Gasteiger partial charge is 0.266 e. The number of aryl methyl sites for hydroxylation is 1. The second kappa shape index (κ2) is 9.72. The van der Waals surface area contributed by atoms with Crippen LogP contribution in [0.15, 0.2) is 51.1 Å². The molecule has 0 N–H and O–H groups in total. The van der Waals surface area contributed by atoms with Crippen LogP contribution in [0.2, 0.25) is 0 Å². The Morgan fingerprint density at radius 2 is 2.03 bits per heavy atom. The van der Waals surface area contributed by atoms with Gasteiger partial charge in [0.1, 0.15) is 5.75 Å². The minimum atomic E-state index is -0.759. The highest BCUT2D eigenvalue weighted by Crippen LogP contribution is 2.34. The molecule has 1 aromatic heterocycles. The van der Waals surface area contributed by atoms with Crippen molar-refractivity contribution in [1.82, 2.24) is 14.9 Å². The first-order valence-corrected chi connectivity index (χ1v) is 10.6. The van der Waals surface area contributed by atoms with Crippen LogP contribution in [0, 0.1) is 17.0 Å². The van der Waals surface area contributed by atoms with Gasteiger partial charge in [-0.2, -0.15) is 9.78 Å². The lowest BCUT2D eigenvalue weighted by Gasteiger charge is -2.14. The van der Waals surface area contributed by atoms with Crippen LogP contribution in [-0.2, 0) is 5.75 Å². The third kappa shape index (κ3) is 5.16.